The molecule has 0 unspecified atom stereocenters. The number of aromatic nitrogens is 2. The molecule has 3 rings (SSSR count). The fourth-order valence-electron chi connectivity index (χ4n) is 2.25. The number of aryl methyl sites for hydroxylation is 1. The number of aromatic amines is 1. The molecule has 0 aliphatic rings. The van der Waals surface area contributed by atoms with E-state index < -0.39 is 5.91 Å². The third-order valence-corrected chi connectivity index (χ3v) is 3.44. The van der Waals surface area contributed by atoms with Crippen molar-refractivity contribution in [3.8, 4) is 6.07 Å². The Morgan fingerprint density at radius 3 is 2.92 bits per heavy atom. The van der Waals surface area contributed by atoms with E-state index in [1.54, 1.807) is 12.4 Å². The molecule has 24 heavy (non-hydrogen) atoms. The number of nitrogens with zero attached hydrogens (tertiary/aromatic N) is 2. The van der Waals surface area contributed by atoms with E-state index in [9.17, 15) is 10.1 Å². The molecule has 0 saturated heterocycles. The van der Waals surface area contributed by atoms with Crippen LogP contribution in [0.15, 0.2) is 60.6 Å². The molecule has 0 fully saturated rings. The van der Waals surface area contributed by atoms with Crippen molar-refractivity contribution in [1.82, 2.24) is 9.97 Å². The minimum Gasteiger partial charge on any atom is -0.360 e. The summed E-state index contributed by atoms with van der Waals surface area (Å²) in [5.74, 6) is -0.460. The maximum absolute atomic E-state index is 12.2. The smallest absolute Gasteiger partial charge is 0.267 e. The van der Waals surface area contributed by atoms with E-state index in [-0.39, 0.29) is 5.57 Å². The Labute approximate surface area is 138 Å². The summed E-state index contributed by atoms with van der Waals surface area (Å²) >= 11 is 0. The molecule has 118 valence electrons. The Hall–Kier alpha value is -3.59. The Bertz CT molecular complexity index is 965. The Morgan fingerprint density at radius 1 is 1.25 bits per heavy atom. The number of rotatable bonds is 4. The van der Waals surface area contributed by atoms with E-state index in [4.69, 9.17) is 0 Å². The normalized spacial score (nSPS) is 11.1. The number of anilines is 2. The monoisotopic (exact) mass is 317 g/mol. The van der Waals surface area contributed by atoms with Gasteiger partial charge in [-0.1, -0.05) is 12.1 Å². The van der Waals surface area contributed by atoms with Gasteiger partial charge in [-0.3, -0.25) is 4.79 Å². The lowest BCUT2D eigenvalue weighted by Gasteiger charge is -2.06. The molecule has 0 atom stereocenters. The number of benzene rings is 2. The van der Waals surface area contributed by atoms with Gasteiger partial charge in [0, 0.05) is 17.6 Å². The summed E-state index contributed by atoms with van der Waals surface area (Å²) in [4.78, 5) is 19.3. The highest BCUT2D eigenvalue weighted by Crippen LogP contribution is 2.16. The van der Waals surface area contributed by atoms with Crippen LogP contribution >= 0.6 is 0 Å². The van der Waals surface area contributed by atoms with Crippen molar-refractivity contribution in [1.29, 1.82) is 5.26 Å². The second-order valence-corrected chi connectivity index (χ2v) is 5.27. The van der Waals surface area contributed by atoms with Gasteiger partial charge in [0.05, 0.1) is 17.4 Å². The van der Waals surface area contributed by atoms with Crippen LogP contribution in [-0.4, -0.2) is 15.9 Å². The maximum Gasteiger partial charge on any atom is 0.267 e. The predicted molar refractivity (Wildman–Crippen MR) is 93.2 cm³/mol. The molecule has 6 nitrogen and oxygen atoms in total. The number of hydrogen-bond acceptors (Lipinski definition) is 4. The molecular weight excluding hydrogens is 302 g/mol. The number of carbonyl (C=O) groups excluding carboxylic acids is 1. The molecule has 0 saturated carbocycles. The average molecular weight is 317 g/mol. The highest BCUT2D eigenvalue weighted by atomic mass is 16.1. The lowest BCUT2D eigenvalue weighted by Crippen LogP contribution is -2.14. The largest absolute Gasteiger partial charge is 0.360 e. The molecule has 0 bridgehead atoms. The van der Waals surface area contributed by atoms with Crippen molar-refractivity contribution >= 4 is 28.3 Å². The van der Waals surface area contributed by atoms with Crippen LogP contribution in [0, 0.1) is 18.3 Å². The summed E-state index contributed by atoms with van der Waals surface area (Å²) in [5, 5.41) is 14.9. The van der Waals surface area contributed by atoms with Crippen LogP contribution in [0.5, 0.6) is 0 Å². The third-order valence-electron chi connectivity index (χ3n) is 3.44. The van der Waals surface area contributed by atoms with E-state index in [0.717, 1.165) is 22.3 Å². The quantitative estimate of drug-likeness (QED) is 0.508. The second kappa shape index (κ2) is 6.67. The fourth-order valence-corrected chi connectivity index (χ4v) is 2.25. The first-order valence-electron chi connectivity index (χ1n) is 7.33. The predicted octanol–water partition coefficient (Wildman–Crippen LogP) is 3.33. The molecule has 0 spiro atoms. The van der Waals surface area contributed by atoms with Gasteiger partial charge in [-0.15, -0.1) is 0 Å². The SMILES string of the molecule is Cc1cccc(NC(=O)/C(C#N)=C\Nc2ccc3nc[nH]c3c2)c1. The van der Waals surface area contributed by atoms with E-state index in [2.05, 4.69) is 20.6 Å². The Kier molecular flexibility index (Phi) is 4.25. The number of fused-ring (bicyclic) bond motifs is 1. The first-order valence-corrected chi connectivity index (χ1v) is 7.33. The number of nitrogens with one attached hydrogen (secondary N) is 3. The van der Waals surface area contributed by atoms with Crippen molar-refractivity contribution in [2.75, 3.05) is 10.6 Å². The lowest BCUT2D eigenvalue weighted by molar-refractivity contribution is -0.112. The number of amides is 1. The molecule has 0 aliphatic heterocycles. The third kappa shape index (κ3) is 3.42. The number of carbonyl (C=O) groups is 1. The Morgan fingerprint density at radius 2 is 2.12 bits per heavy atom. The summed E-state index contributed by atoms with van der Waals surface area (Å²) in [6.07, 6.45) is 3.00. The van der Waals surface area contributed by atoms with Gasteiger partial charge < -0.3 is 15.6 Å². The summed E-state index contributed by atoms with van der Waals surface area (Å²) in [5.41, 5.74) is 4.14. The van der Waals surface area contributed by atoms with Crippen LogP contribution in [0.4, 0.5) is 11.4 Å². The van der Waals surface area contributed by atoms with Gasteiger partial charge in [0.15, 0.2) is 0 Å². The van der Waals surface area contributed by atoms with E-state index in [1.807, 2.05) is 49.4 Å². The molecule has 3 N–H and O–H groups in total. The van der Waals surface area contributed by atoms with E-state index in [1.165, 1.54) is 6.20 Å². The number of nitriles is 1. The van der Waals surface area contributed by atoms with Crippen molar-refractivity contribution in [3.05, 3.63) is 66.1 Å². The zero-order chi connectivity index (χ0) is 16.9. The molecule has 6 heteroatoms. The average Bonchev–Trinajstić information content (AvgIpc) is 3.03. The molecular formula is C18H15N5O. The fraction of sp³-hybridized carbons (Fsp3) is 0.0556. The van der Waals surface area contributed by atoms with Gasteiger partial charge in [-0.2, -0.15) is 5.26 Å². The molecule has 0 radical (unpaired) electrons. The van der Waals surface area contributed by atoms with Gasteiger partial charge >= 0.3 is 0 Å². The number of hydrogen-bond donors (Lipinski definition) is 3. The summed E-state index contributed by atoms with van der Waals surface area (Å²) < 4.78 is 0. The summed E-state index contributed by atoms with van der Waals surface area (Å²) in [6.45, 7) is 1.93. The van der Waals surface area contributed by atoms with Crippen LogP contribution < -0.4 is 10.6 Å². The van der Waals surface area contributed by atoms with Crippen molar-refractivity contribution in [3.63, 3.8) is 0 Å². The number of H-pyrrole nitrogens is 1. The zero-order valence-corrected chi connectivity index (χ0v) is 13.0. The number of imidazole rings is 1. The van der Waals surface area contributed by atoms with Gasteiger partial charge in [0.2, 0.25) is 0 Å². The molecule has 3 aromatic rings. The van der Waals surface area contributed by atoms with Crippen LogP contribution in [0.1, 0.15) is 5.56 Å². The minimum atomic E-state index is -0.460. The first kappa shape index (κ1) is 15.3. The van der Waals surface area contributed by atoms with Crippen molar-refractivity contribution < 1.29 is 4.79 Å². The molecule has 1 amide bonds. The molecule has 2 aromatic carbocycles. The van der Waals surface area contributed by atoms with Gasteiger partial charge in [-0.05, 0) is 42.8 Å². The van der Waals surface area contributed by atoms with E-state index >= 15 is 0 Å². The molecule has 1 aromatic heterocycles. The standard InChI is InChI=1S/C18H15N5O/c1-12-3-2-4-15(7-12)23-18(24)13(9-19)10-20-14-5-6-16-17(8-14)22-11-21-16/h2-8,10-11,20H,1H3,(H,21,22)(H,23,24)/b13-10-. The first-order chi connectivity index (χ1) is 11.7. The van der Waals surface area contributed by atoms with E-state index in [0.29, 0.717) is 5.69 Å². The highest BCUT2D eigenvalue weighted by molar-refractivity contribution is 6.06. The second-order valence-electron chi connectivity index (χ2n) is 5.27. The van der Waals surface area contributed by atoms with Crippen LogP contribution in [0.3, 0.4) is 0 Å². The summed E-state index contributed by atoms with van der Waals surface area (Å²) in [7, 11) is 0. The van der Waals surface area contributed by atoms with Crippen molar-refractivity contribution in [2.24, 2.45) is 0 Å². The van der Waals surface area contributed by atoms with Crippen LogP contribution in [0.2, 0.25) is 0 Å². The topological polar surface area (TPSA) is 93.6 Å². The van der Waals surface area contributed by atoms with Crippen LogP contribution in [0.25, 0.3) is 11.0 Å². The highest BCUT2D eigenvalue weighted by Gasteiger charge is 2.09. The molecule has 0 aliphatic carbocycles. The van der Waals surface area contributed by atoms with Crippen LogP contribution in [-0.2, 0) is 4.79 Å². The maximum atomic E-state index is 12.2. The van der Waals surface area contributed by atoms with Crippen molar-refractivity contribution in [2.45, 2.75) is 6.92 Å². The van der Waals surface area contributed by atoms with Gasteiger partial charge in [0.25, 0.3) is 5.91 Å². The Balaban J connectivity index is 1.73. The van der Waals surface area contributed by atoms with Gasteiger partial charge in [0.1, 0.15) is 11.6 Å². The lowest BCUT2D eigenvalue weighted by atomic mass is 10.2. The van der Waals surface area contributed by atoms with Gasteiger partial charge in [-0.25, -0.2) is 4.98 Å². The zero-order valence-electron chi connectivity index (χ0n) is 13.0. The summed E-state index contributed by atoms with van der Waals surface area (Å²) in [6, 6.07) is 14.8. The molecule has 1 heterocycles. The minimum absolute atomic E-state index is 0.0128.